The van der Waals surface area contributed by atoms with Gasteiger partial charge in [0.1, 0.15) is 5.75 Å². The van der Waals surface area contributed by atoms with Crippen LogP contribution in [0.25, 0.3) is 0 Å². The van der Waals surface area contributed by atoms with Gasteiger partial charge in [0.25, 0.3) is 5.91 Å². The number of ether oxygens (including phenoxy) is 1. The Hall–Kier alpha value is -3.22. The zero-order chi connectivity index (χ0) is 21.8. The molecule has 0 unspecified atom stereocenters. The molecule has 0 radical (unpaired) electrons. The number of rotatable bonds is 6. The number of carbonyl (C=O) groups excluding carboxylic acids is 2. The third-order valence-corrected chi connectivity index (χ3v) is 5.89. The Morgan fingerprint density at radius 2 is 1.74 bits per heavy atom. The molecule has 0 spiro atoms. The minimum Gasteiger partial charge on any atom is -0.495 e. The molecular weight excluding hydrogens is 392 g/mol. The number of carbonyl (C=O) groups is 2. The highest BCUT2D eigenvalue weighted by atomic mass is 16.5. The van der Waals surface area contributed by atoms with Crippen LogP contribution >= 0.6 is 0 Å². The predicted molar refractivity (Wildman–Crippen MR) is 123 cm³/mol. The van der Waals surface area contributed by atoms with Gasteiger partial charge in [0.05, 0.1) is 18.4 Å². The number of amides is 3. The van der Waals surface area contributed by atoms with Gasteiger partial charge < -0.3 is 25.6 Å². The first-order valence-corrected chi connectivity index (χ1v) is 10.9. The Kier molecular flexibility index (Phi) is 6.30. The second-order valence-corrected chi connectivity index (χ2v) is 8.43. The third-order valence-electron chi connectivity index (χ3n) is 5.89. The molecule has 3 N–H and O–H groups in total. The Labute approximate surface area is 183 Å². The molecule has 2 aliphatic rings. The summed E-state index contributed by atoms with van der Waals surface area (Å²) in [6.07, 6.45) is 4.29. The number of nitrogens with zero attached hydrogens (tertiary/aromatic N) is 1. The molecule has 3 amide bonds. The van der Waals surface area contributed by atoms with E-state index in [0.29, 0.717) is 28.6 Å². The van der Waals surface area contributed by atoms with E-state index in [4.69, 9.17) is 4.74 Å². The van der Waals surface area contributed by atoms with Gasteiger partial charge in [-0.2, -0.15) is 0 Å². The van der Waals surface area contributed by atoms with Gasteiger partial charge in [-0.05, 0) is 61.9 Å². The molecular formula is C24H30N4O3. The van der Waals surface area contributed by atoms with Crippen LogP contribution in [0.2, 0.25) is 0 Å². The zero-order valence-electron chi connectivity index (χ0n) is 18.1. The summed E-state index contributed by atoms with van der Waals surface area (Å²) in [6.45, 7) is 4.14. The molecule has 1 saturated carbocycles. The van der Waals surface area contributed by atoms with Crippen molar-refractivity contribution in [3.63, 3.8) is 0 Å². The Bertz CT molecular complexity index is 950. The molecule has 1 aliphatic carbocycles. The number of methoxy groups -OCH3 is 1. The van der Waals surface area contributed by atoms with E-state index >= 15 is 0 Å². The van der Waals surface area contributed by atoms with Gasteiger partial charge in [0.15, 0.2) is 0 Å². The molecule has 0 aromatic heterocycles. The lowest BCUT2D eigenvalue weighted by Gasteiger charge is -2.33. The lowest BCUT2D eigenvalue weighted by Crippen LogP contribution is -2.35. The van der Waals surface area contributed by atoms with Crippen LogP contribution in [-0.4, -0.2) is 38.2 Å². The van der Waals surface area contributed by atoms with Crippen LogP contribution in [0.1, 0.15) is 43.0 Å². The van der Waals surface area contributed by atoms with Gasteiger partial charge >= 0.3 is 6.03 Å². The van der Waals surface area contributed by atoms with Gasteiger partial charge in [0.2, 0.25) is 0 Å². The number of benzene rings is 2. The van der Waals surface area contributed by atoms with Gasteiger partial charge in [-0.15, -0.1) is 0 Å². The van der Waals surface area contributed by atoms with Crippen LogP contribution in [0, 0.1) is 5.92 Å². The Balaban J connectivity index is 1.52. The van der Waals surface area contributed by atoms with E-state index in [0.717, 1.165) is 44.5 Å². The van der Waals surface area contributed by atoms with Crippen molar-refractivity contribution >= 4 is 29.0 Å². The number of urea groups is 1. The second kappa shape index (κ2) is 9.29. The van der Waals surface area contributed by atoms with Crippen LogP contribution in [0.4, 0.5) is 21.9 Å². The van der Waals surface area contributed by atoms with E-state index in [1.807, 2.05) is 24.3 Å². The molecule has 2 aromatic rings. The van der Waals surface area contributed by atoms with E-state index in [2.05, 4.69) is 27.8 Å². The minimum absolute atomic E-state index is 0.0788. The van der Waals surface area contributed by atoms with Crippen LogP contribution in [-0.2, 0) is 0 Å². The summed E-state index contributed by atoms with van der Waals surface area (Å²) in [5.74, 6) is 1.21. The van der Waals surface area contributed by atoms with Crippen molar-refractivity contribution < 1.29 is 14.3 Å². The number of hydrogen-bond acceptors (Lipinski definition) is 4. The largest absolute Gasteiger partial charge is 0.495 e. The fourth-order valence-corrected chi connectivity index (χ4v) is 3.84. The fraction of sp³-hybridized carbons (Fsp3) is 0.417. The first-order valence-electron chi connectivity index (χ1n) is 10.9. The number of anilines is 3. The van der Waals surface area contributed by atoms with Crippen LogP contribution in [0.5, 0.6) is 5.75 Å². The molecule has 7 heteroatoms. The van der Waals surface area contributed by atoms with Gasteiger partial charge in [-0.25, -0.2) is 4.79 Å². The van der Waals surface area contributed by atoms with Crippen molar-refractivity contribution in [1.82, 2.24) is 5.32 Å². The number of para-hydroxylation sites is 2. The average Bonchev–Trinajstić information content (AvgIpc) is 3.58. The zero-order valence-corrected chi connectivity index (χ0v) is 18.1. The molecule has 4 rings (SSSR count). The maximum atomic E-state index is 13.0. The maximum Gasteiger partial charge on any atom is 0.323 e. The topological polar surface area (TPSA) is 82.7 Å². The highest BCUT2D eigenvalue weighted by Gasteiger charge is 2.27. The monoisotopic (exact) mass is 422 g/mol. The van der Waals surface area contributed by atoms with E-state index in [-0.39, 0.29) is 11.9 Å². The van der Waals surface area contributed by atoms with Crippen molar-refractivity contribution in [3.8, 4) is 5.75 Å². The summed E-state index contributed by atoms with van der Waals surface area (Å²) >= 11 is 0. The quantitative estimate of drug-likeness (QED) is 0.642. The van der Waals surface area contributed by atoms with Crippen molar-refractivity contribution in [3.05, 3.63) is 48.0 Å². The van der Waals surface area contributed by atoms with E-state index in [1.54, 1.807) is 25.3 Å². The summed E-state index contributed by atoms with van der Waals surface area (Å²) in [5, 5.41) is 8.72. The number of hydrogen-bond donors (Lipinski definition) is 3. The van der Waals surface area contributed by atoms with Crippen molar-refractivity contribution in [2.24, 2.45) is 5.92 Å². The highest BCUT2D eigenvalue weighted by Crippen LogP contribution is 2.30. The van der Waals surface area contributed by atoms with E-state index in [9.17, 15) is 9.59 Å². The fourth-order valence-electron chi connectivity index (χ4n) is 3.84. The SMILES string of the molecule is COc1ccccc1NC(=O)Nc1ccc(N2CCC(C)CC2)c(C(=O)NC2CC2)c1. The summed E-state index contributed by atoms with van der Waals surface area (Å²) in [6, 6.07) is 12.7. The summed E-state index contributed by atoms with van der Waals surface area (Å²) < 4.78 is 5.28. The number of nitrogens with one attached hydrogen (secondary N) is 3. The third kappa shape index (κ3) is 5.29. The van der Waals surface area contributed by atoms with Crippen molar-refractivity contribution in [1.29, 1.82) is 0 Å². The Morgan fingerprint density at radius 1 is 1.00 bits per heavy atom. The van der Waals surface area contributed by atoms with Crippen LogP contribution in [0.3, 0.4) is 0 Å². The molecule has 2 aromatic carbocycles. The standard InChI is InChI=1S/C24H30N4O3/c1-16-11-13-28(14-12-16)21-10-9-18(15-19(21)23(29)25-17-7-8-17)26-24(30)27-20-5-3-4-6-22(20)31-2/h3-6,9-10,15-17H,7-8,11-14H2,1-2H3,(H,25,29)(H2,26,27,30). The van der Waals surface area contributed by atoms with Crippen LogP contribution < -0.4 is 25.6 Å². The summed E-state index contributed by atoms with van der Waals surface area (Å²) in [7, 11) is 1.56. The molecule has 1 aliphatic heterocycles. The molecule has 0 atom stereocenters. The molecule has 1 saturated heterocycles. The van der Waals surface area contributed by atoms with Crippen LogP contribution in [0.15, 0.2) is 42.5 Å². The second-order valence-electron chi connectivity index (χ2n) is 8.43. The minimum atomic E-state index is -0.391. The molecule has 164 valence electrons. The lowest BCUT2D eigenvalue weighted by molar-refractivity contribution is 0.0951. The molecule has 0 bridgehead atoms. The highest BCUT2D eigenvalue weighted by molar-refractivity contribution is 6.04. The molecule has 7 nitrogen and oxygen atoms in total. The smallest absolute Gasteiger partial charge is 0.323 e. The predicted octanol–water partition coefficient (Wildman–Crippen LogP) is 4.47. The van der Waals surface area contributed by atoms with E-state index in [1.165, 1.54) is 0 Å². The Morgan fingerprint density at radius 3 is 2.45 bits per heavy atom. The van der Waals surface area contributed by atoms with E-state index < -0.39 is 6.03 Å². The molecule has 2 fully saturated rings. The molecule has 31 heavy (non-hydrogen) atoms. The van der Waals surface area contributed by atoms with Gasteiger partial charge in [0, 0.05) is 30.5 Å². The first-order chi connectivity index (χ1) is 15.0. The summed E-state index contributed by atoms with van der Waals surface area (Å²) in [4.78, 5) is 27.8. The first kappa shape index (κ1) is 21.0. The van der Waals surface area contributed by atoms with Gasteiger partial charge in [-0.1, -0.05) is 19.1 Å². The lowest BCUT2D eigenvalue weighted by atomic mass is 9.98. The summed E-state index contributed by atoms with van der Waals surface area (Å²) in [5.41, 5.74) is 2.69. The normalized spacial score (nSPS) is 16.5. The average molecular weight is 423 g/mol. The van der Waals surface area contributed by atoms with Crippen molar-refractivity contribution in [2.75, 3.05) is 35.7 Å². The van der Waals surface area contributed by atoms with Crippen molar-refractivity contribution in [2.45, 2.75) is 38.6 Å². The van der Waals surface area contributed by atoms with Gasteiger partial charge in [-0.3, -0.25) is 4.79 Å². The number of piperidine rings is 1. The maximum absolute atomic E-state index is 13.0. The molecule has 1 heterocycles.